The maximum Gasteiger partial charge on any atom is 0.308 e. The topological polar surface area (TPSA) is 102 Å². The number of methoxy groups -OCH3 is 2. The van der Waals surface area contributed by atoms with E-state index in [1.54, 1.807) is 48.5 Å². The number of benzene rings is 2. The lowest BCUT2D eigenvalue weighted by atomic mass is 9.95. The highest BCUT2D eigenvalue weighted by Crippen LogP contribution is 2.39. The number of likely N-dealkylation sites (tertiary alicyclic amines) is 1. The Morgan fingerprint density at radius 2 is 1.61 bits per heavy atom. The van der Waals surface area contributed by atoms with Crippen molar-refractivity contribution in [2.24, 2.45) is 0 Å². The number of ether oxygens (including phenoxy) is 3. The molecule has 1 fully saturated rings. The van der Waals surface area contributed by atoms with Gasteiger partial charge in [0.1, 0.15) is 17.3 Å². The molecule has 162 valence electrons. The summed E-state index contributed by atoms with van der Waals surface area (Å²) in [6, 6.07) is 12.1. The van der Waals surface area contributed by atoms with Crippen LogP contribution in [-0.4, -0.2) is 55.0 Å². The van der Waals surface area contributed by atoms with Crippen molar-refractivity contribution in [3.63, 3.8) is 0 Å². The Bertz CT molecular complexity index is 1010. The first-order valence-electron chi connectivity index (χ1n) is 9.57. The summed E-state index contributed by atoms with van der Waals surface area (Å²) >= 11 is 0. The highest BCUT2D eigenvalue weighted by atomic mass is 16.5. The minimum atomic E-state index is -0.816. The van der Waals surface area contributed by atoms with Crippen LogP contribution in [0.15, 0.2) is 54.1 Å². The van der Waals surface area contributed by atoms with E-state index in [4.69, 9.17) is 14.2 Å². The maximum atomic E-state index is 12.9. The molecule has 2 aromatic rings. The molecule has 31 heavy (non-hydrogen) atoms. The molecule has 8 nitrogen and oxygen atoms in total. The Morgan fingerprint density at radius 3 is 2.16 bits per heavy atom. The van der Waals surface area contributed by atoms with Crippen LogP contribution in [0, 0.1) is 0 Å². The smallest absolute Gasteiger partial charge is 0.308 e. The van der Waals surface area contributed by atoms with Crippen molar-refractivity contribution < 1.29 is 33.7 Å². The molecule has 0 radical (unpaired) electrons. The molecule has 1 atom stereocenters. The summed E-state index contributed by atoms with van der Waals surface area (Å²) in [4.78, 5) is 38.1. The summed E-state index contributed by atoms with van der Waals surface area (Å²) in [5.41, 5.74) is 0.944. The van der Waals surface area contributed by atoms with E-state index in [-0.39, 0.29) is 24.5 Å². The summed E-state index contributed by atoms with van der Waals surface area (Å²) in [5, 5.41) is 11.0. The summed E-state index contributed by atoms with van der Waals surface area (Å²) in [7, 11) is 3.02. The van der Waals surface area contributed by atoms with E-state index >= 15 is 0 Å². The van der Waals surface area contributed by atoms with E-state index < -0.39 is 23.7 Å². The Morgan fingerprint density at radius 1 is 1.00 bits per heavy atom. The van der Waals surface area contributed by atoms with Gasteiger partial charge in [-0.25, -0.2) is 0 Å². The van der Waals surface area contributed by atoms with E-state index in [0.29, 0.717) is 22.6 Å². The standard InChI is InChI=1S/C23H23NO7/c1-14(25)31-18-10-4-15(5-11-18)20-19(22(27)23(28)24(20)12-13-29-2)21(26)16-6-8-17(30-3)9-7-16/h4-11,20,26H,12-13H2,1-3H3/b21-19-. The van der Waals surface area contributed by atoms with Crippen LogP contribution in [0.4, 0.5) is 0 Å². The fourth-order valence-electron chi connectivity index (χ4n) is 3.44. The number of ketones is 1. The quantitative estimate of drug-likeness (QED) is 0.239. The molecule has 1 aliphatic rings. The number of hydrogen-bond donors (Lipinski definition) is 1. The van der Waals surface area contributed by atoms with Gasteiger partial charge >= 0.3 is 5.97 Å². The lowest BCUT2D eigenvalue weighted by Crippen LogP contribution is -2.32. The lowest BCUT2D eigenvalue weighted by Gasteiger charge is -2.25. The number of hydrogen-bond acceptors (Lipinski definition) is 7. The van der Waals surface area contributed by atoms with Crippen LogP contribution in [0.25, 0.3) is 5.76 Å². The van der Waals surface area contributed by atoms with E-state index in [1.807, 2.05) is 0 Å². The molecule has 1 N–H and O–H groups in total. The number of esters is 1. The molecule has 0 aromatic heterocycles. The highest BCUT2D eigenvalue weighted by Gasteiger charge is 2.45. The van der Waals surface area contributed by atoms with Gasteiger partial charge in [0, 0.05) is 26.1 Å². The van der Waals surface area contributed by atoms with Crippen LogP contribution in [-0.2, 0) is 19.1 Å². The van der Waals surface area contributed by atoms with Gasteiger partial charge in [-0.1, -0.05) is 12.1 Å². The molecule has 0 bridgehead atoms. The first-order valence-corrected chi connectivity index (χ1v) is 9.57. The summed E-state index contributed by atoms with van der Waals surface area (Å²) in [6.45, 7) is 1.68. The average Bonchev–Trinajstić information content (AvgIpc) is 3.02. The number of amides is 1. The van der Waals surface area contributed by atoms with E-state index in [0.717, 1.165) is 0 Å². The second-order valence-electron chi connectivity index (χ2n) is 6.88. The second kappa shape index (κ2) is 9.44. The van der Waals surface area contributed by atoms with Crippen molar-refractivity contribution in [1.82, 2.24) is 4.90 Å². The predicted molar refractivity (Wildman–Crippen MR) is 112 cm³/mol. The first kappa shape index (κ1) is 22.0. The number of aliphatic hydroxyl groups is 1. The molecule has 1 unspecified atom stereocenters. The Labute approximate surface area is 179 Å². The van der Waals surface area contributed by atoms with E-state index in [1.165, 1.54) is 26.0 Å². The zero-order valence-corrected chi connectivity index (χ0v) is 17.5. The number of rotatable bonds is 7. The molecule has 1 amide bonds. The van der Waals surface area contributed by atoms with Gasteiger partial charge in [-0.2, -0.15) is 0 Å². The number of aliphatic hydroxyl groups excluding tert-OH is 1. The highest BCUT2D eigenvalue weighted by molar-refractivity contribution is 6.46. The van der Waals surface area contributed by atoms with Crippen molar-refractivity contribution in [2.45, 2.75) is 13.0 Å². The fraction of sp³-hybridized carbons (Fsp3) is 0.261. The molecular weight excluding hydrogens is 402 g/mol. The molecule has 1 heterocycles. The molecule has 8 heteroatoms. The lowest BCUT2D eigenvalue weighted by molar-refractivity contribution is -0.140. The van der Waals surface area contributed by atoms with Crippen molar-refractivity contribution in [1.29, 1.82) is 0 Å². The van der Waals surface area contributed by atoms with Crippen molar-refractivity contribution in [3.05, 3.63) is 65.2 Å². The van der Waals surface area contributed by atoms with Gasteiger partial charge in [0.05, 0.1) is 25.3 Å². The monoisotopic (exact) mass is 425 g/mol. The molecule has 1 saturated heterocycles. The molecule has 0 spiro atoms. The van der Waals surface area contributed by atoms with Crippen LogP contribution in [0.2, 0.25) is 0 Å². The van der Waals surface area contributed by atoms with Crippen LogP contribution in [0.1, 0.15) is 24.1 Å². The minimum absolute atomic E-state index is 0.0218. The summed E-state index contributed by atoms with van der Waals surface area (Å²) in [6.07, 6.45) is 0. The first-order chi connectivity index (χ1) is 14.9. The Kier molecular flexibility index (Phi) is 6.71. The van der Waals surface area contributed by atoms with Gasteiger partial charge in [0.2, 0.25) is 0 Å². The van der Waals surface area contributed by atoms with Gasteiger partial charge in [-0.3, -0.25) is 14.4 Å². The van der Waals surface area contributed by atoms with Gasteiger partial charge in [-0.15, -0.1) is 0 Å². The second-order valence-corrected chi connectivity index (χ2v) is 6.88. The zero-order valence-electron chi connectivity index (χ0n) is 17.5. The number of Topliss-reactive ketones (excluding diaryl/α,β-unsaturated/α-hetero) is 1. The van der Waals surface area contributed by atoms with Gasteiger partial charge < -0.3 is 24.2 Å². The van der Waals surface area contributed by atoms with Crippen LogP contribution < -0.4 is 9.47 Å². The maximum absolute atomic E-state index is 12.9. The number of carbonyl (C=O) groups excluding carboxylic acids is 3. The van der Waals surface area contributed by atoms with Crippen molar-refractivity contribution >= 4 is 23.4 Å². The molecule has 1 aliphatic heterocycles. The van der Waals surface area contributed by atoms with E-state index in [2.05, 4.69) is 0 Å². The third-order valence-corrected chi connectivity index (χ3v) is 4.90. The molecule has 0 saturated carbocycles. The predicted octanol–water partition coefficient (Wildman–Crippen LogP) is 2.69. The summed E-state index contributed by atoms with van der Waals surface area (Å²) in [5.74, 6) is -1.32. The molecule has 3 rings (SSSR count). The van der Waals surface area contributed by atoms with Crippen LogP contribution >= 0.6 is 0 Å². The molecule has 2 aromatic carbocycles. The van der Waals surface area contributed by atoms with Crippen molar-refractivity contribution in [3.8, 4) is 11.5 Å². The minimum Gasteiger partial charge on any atom is -0.507 e. The zero-order chi connectivity index (χ0) is 22.5. The fourth-order valence-corrected chi connectivity index (χ4v) is 3.44. The van der Waals surface area contributed by atoms with Gasteiger partial charge in [-0.05, 0) is 42.0 Å². The SMILES string of the molecule is COCCN1C(=O)C(=O)/C(=C(\O)c2ccc(OC)cc2)C1c1ccc(OC(C)=O)cc1. The molecule has 0 aliphatic carbocycles. The largest absolute Gasteiger partial charge is 0.507 e. The normalized spacial score (nSPS) is 17.6. The average molecular weight is 425 g/mol. The Hall–Kier alpha value is -3.65. The van der Waals surface area contributed by atoms with Crippen molar-refractivity contribution in [2.75, 3.05) is 27.4 Å². The van der Waals surface area contributed by atoms with Gasteiger partial charge in [0.15, 0.2) is 0 Å². The van der Waals surface area contributed by atoms with Crippen LogP contribution in [0.3, 0.4) is 0 Å². The summed E-state index contributed by atoms with van der Waals surface area (Å²) < 4.78 is 15.3. The third-order valence-electron chi connectivity index (χ3n) is 4.90. The number of carbonyl (C=O) groups is 3. The van der Waals surface area contributed by atoms with Gasteiger partial charge in [0.25, 0.3) is 11.7 Å². The third kappa shape index (κ3) is 4.59. The molecular formula is C23H23NO7. The van der Waals surface area contributed by atoms with E-state index in [9.17, 15) is 19.5 Å². The van der Waals surface area contributed by atoms with Crippen LogP contribution in [0.5, 0.6) is 11.5 Å². The number of nitrogens with zero attached hydrogens (tertiary/aromatic N) is 1. The Balaban J connectivity index is 2.08.